The highest BCUT2D eigenvalue weighted by Crippen LogP contribution is 2.08. The van der Waals surface area contributed by atoms with Crippen molar-refractivity contribution in [3.8, 4) is 11.8 Å². The number of hydrogen-bond donors (Lipinski definition) is 2. The zero-order chi connectivity index (χ0) is 15.1. The second-order valence-corrected chi connectivity index (χ2v) is 4.41. The SMILES string of the molecule is Cc1ccc(NC(=O)c2cncc(C#CCCO)c2)nc1. The van der Waals surface area contributed by atoms with E-state index in [-0.39, 0.29) is 12.5 Å². The van der Waals surface area contributed by atoms with E-state index in [9.17, 15) is 4.79 Å². The fraction of sp³-hybridized carbons (Fsp3) is 0.188. The third-order valence-electron chi connectivity index (χ3n) is 2.62. The maximum Gasteiger partial charge on any atom is 0.258 e. The zero-order valence-electron chi connectivity index (χ0n) is 11.6. The molecule has 0 aromatic carbocycles. The Bertz CT molecular complexity index is 685. The average molecular weight is 281 g/mol. The van der Waals surface area contributed by atoms with Crippen molar-refractivity contribution in [2.45, 2.75) is 13.3 Å². The van der Waals surface area contributed by atoms with E-state index in [1.807, 2.05) is 13.0 Å². The fourth-order valence-electron chi connectivity index (χ4n) is 1.58. The molecule has 21 heavy (non-hydrogen) atoms. The van der Waals surface area contributed by atoms with Crippen molar-refractivity contribution in [3.63, 3.8) is 0 Å². The van der Waals surface area contributed by atoms with E-state index in [4.69, 9.17) is 5.11 Å². The van der Waals surface area contributed by atoms with Gasteiger partial charge in [-0.3, -0.25) is 9.78 Å². The number of aromatic nitrogens is 2. The van der Waals surface area contributed by atoms with Gasteiger partial charge in [-0.05, 0) is 24.6 Å². The summed E-state index contributed by atoms with van der Waals surface area (Å²) in [7, 11) is 0. The molecule has 2 aromatic heterocycles. The Kier molecular flexibility index (Phi) is 5.02. The van der Waals surface area contributed by atoms with Crippen LogP contribution in [0.5, 0.6) is 0 Å². The highest BCUT2D eigenvalue weighted by molar-refractivity contribution is 6.03. The van der Waals surface area contributed by atoms with Gasteiger partial charge in [-0.15, -0.1) is 0 Å². The van der Waals surface area contributed by atoms with Crippen molar-refractivity contribution in [3.05, 3.63) is 53.5 Å². The molecule has 0 aliphatic heterocycles. The number of pyridine rings is 2. The Morgan fingerprint density at radius 2 is 2.19 bits per heavy atom. The van der Waals surface area contributed by atoms with Gasteiger partial charge in [0.25, 0.3) is 5.91 Å². The Balaban J connectivity index is 2.11. The van der Waals surface area contributed by atoms with Crippen molar-refractivity contribution >= 4 is 11.7 Å². The number of aliphatic hydroxyl groups excluding tert-OH is 1. The predicted octanol–water partition coefficient (Wildman–Crippen LogP) is 1.77. The van der Waals surface area contributed by atoms with Gasteiger partial charge in [0.2, 0.25) is 0 Å². The number of carbonyl (C=O) groups is 1. The zero-order valence-corrected chi connectivity index (χ0v) is 11.6. The minimum atomic E-state index is -0.287. The van der Waals surface area contributed by atoms with Crippen LogP contribution in [-0.2, 0) is 0 Å². The van der Waals surface area contributed by atoms with Crippen LogP contribution in [0.25, 0.3) is 0 Å². The minimum absolute atomic E-state index is 0.0136. The number of aryl methyl sites for hydroxylation is 1. The number of hydrogen-bond acceptors (Lipinski definition) is 4. The maximum atomic E-state index is 12.1. The summed E-state index contributed by atoms with van der Waals surface area (Å²) in [5, 5.41) is 11.4. The highest BCUT2D eigenvalue weighted by atomic mass is 16.2. The molecule has 5 heteroatoms. The topological polar surface area (TPSA) is 75.1 Å². The first-order chi connectivity index (χ1) is 10.2. The third kappa shape index (κ3) is 4.41. The summed E-state index contributed by atoms with van der Waals surface area (Å²) >= 11 is 0. The number of amides is 1. The summed E-state index contributed by atoms with van der Waals surface area (Å²) < 4.78 is 0. The standard InChI is InChI=1S/C16H15N3O2/c1-12-5-6-15(18-9-12)19-16(21)14-8-13(10-17-11-14)4-2-3-7-20/h5-6,8-11,20H,3,7H2,1H3,(H,18,19,21). The molecule has 1 amide bonds. The first-order valence-corrected chi connectivity index (χ1v) is 6.48. The Morgan fingerprint density at radius 1 is 1.33 bits per heavy atom. The van der Waals surface area contributed by atoms with Crippen LogP contribution in [0.3, 0.4) is 0 Å². The van der Waals surface area contributed by atoms with Crippen LogP contribution in [0.15, 0.2) is 36.8 Å². The molecular formula is C16H15N3O2. The summed E-state index contributed by atoms with van der Waals surface area (Å²) in [6.07, 6.45) is 5.13. The van der Waals surface area contributed by atoms with Gasteiger partial charge in [-0.25, -0.2) is 4.98 Å². The van der Waals surface area contributed by atoms with Gasteiger partial charge >= 0.3 is 0 Å². The van der Waals surface area contributed by atoms with Crippen molar-refractivity contribution in [1.29, 1.82) is 0 Å². The van der Waals surface area contributed by atoms with E-state index >= 15 is 0 Å². The van der Waals surface area contributed by atoms with Crippen LogP contribution >= 0.6 is 0 Å². The molecule has 0 saturated carbocycles. The van der Waals surface area contributed by atoms with E-state index in [1.54, 1.807) is 24.5 Å². The molecule has 2 heterocycles. The van der Waals surface area contributed by atoms with Crippen molar-refractivity contribution in [2.24, 2.45) is 0 Å². The molecule has 0 spiro atoms. The van der Waals surface area contributed by atoms with Gasteiger partial charge in [-0.1, -0.05) is 17.9 Å². The lowest BCUT2D eigenvalue weighted by molar-refractivity contribution is 0.102. The van der Waals surface area contributed by atoms with E-state index in [1.165, 1.54) is 6.20 Å². The van der Waals surface area contributed by atoms with Crippen molar-refractivity contribution in [2.75, 3.05) is 11.9 Å². The number of nitrogens with zero attached hydrogens (tertiary/aromatic N) is 2. The summed E-state index contributed by atoms with van der Waals surface area (Å²) in [5.41, 5.74) is 2.07. The number of aliphatic hydroxyl groups is 1. The molecule has 0 radical (unpaired) electrons. The smallest absolute Gasteiger partial charge is 0.258 e. The van der Waals surface area contributed by atoms with Crippen LogP contribution in [0.2, 0.25) is 0 Å². The van der Waals surface area contributed by atoms with E-state index in [0.717, 1.165) is 5.56 Å². The first-order valence-electron chi connectivity index (χ1n) is 6.48. The van der Waals surface area contributed by atoms with Gasteiger partial charge in [0.1, 0.15) is 5.82 Å². The quantitative estimate of drug-likeness (QED) is 0.841. The molecule has 2 aromatic rings. The average Bonchev–Trinajstić information content (AvgIpc) is 2.50. The summed E-state index contributed by atoms with van der Waals surface area (Å²) in [5.74, 6) is 5.83. The fourth-order valence-corrected chi connectivity index (χ4v) is 1.58. The van der Waals surface area contributed by atoms with Gasteiger partial charge < -0.3 is 10.4 Å². The van der Waals surface area contributed by atoms with Crippen molar-refractivity contribution in [1.82, 2.24) is 9.97 Å². The van der Waals surface area contributed by atoms with E-state index in [0.29, 0.717) is 23.4 Å². The molecule has 5 nitrogen and oxygen atoms in total. The van der Waals surface area contributed by atoms with E-state index < -0.39 is 0 Å². The lowest BCUT2D eigenvalue weighted by Gasteiger charge is -2.04. The number of anilines is 1. The monoisotopic (exact) mass is 281 g/mol. The molecule has 2 N–H and O–H groups in total. The Labute approximate surface area is 123 Å². The molecule has 0 saturated heterocycles. The Hall–Kier alpha value is -2.71. The van der Waals surface area contributed by atoms with E-state index in [2.05, 4.69) is 27.1 Å². The third-order valence-corrected chi connectivity index (χ3v) is 2.62. The first kappa shape index (κ1) is 14.7. The van der Waals surface area contributed by atoms with Crippen LogP contribution in [0, 0.1) is 18.8 Å². The van der Waals surface area contributed by atoms with Gasteiger partial charge in [0, 0.05) is 30.6 Å². The highest BCUT2D eigenvalue weighted by Gasteiger charge is 2.07. The Morgan fingerprint density at radius 3 is 2.90 bits per heavy atom. The molecule has 0 atom stereocenters. The number of rotatable bonds is 3. The second kappa shape index (κ2) is 7.17. The molecule has 0 unspecified atom stereocenters. The summed E-state index contributed by atoms with van der Waals surface area (Å²) in [6.45, 7) is 1.94. The van der Waals surface area contributed by atoms with Gasteiger partial charge in [-0.2, -0.15) is 0 Å². The predicted molar refractivity (Wildman–Crippen MR) is 79.7 cm³/mol. The normalized spacial score (nSPS) is 9.62. The van der Waals surface area contributed by atoms with Crippen LogP contribution < -0.4 is 5.32 Å². The van der Waals surface area contributed by atoms with Gasteiger partial charge in [0.05, 0.1) is 12.2 Å². The summed E-state index contributed by atoms with van der Waals surface area (Å²) in [6, 6.07) is 5.27. The number of carbonyl (C=O) groups excluding carboxylic acids is 1. The lowest BCUT2D eigenvalue weighted by Crippen LogP contribution is -2.13. The van der Waals surface area contributed by atoms with Crippen LogP contribution in [0.4, 0.5) is 5.82 Å². The lowest BCUT2D eigenvalue weighted by atomic mass is 10.2. The molecular weight excluding hydrogens is 266 g/mol. The number of nitrogens with one attached hydrogen (secondary N) is 1. The van der Waals surface area contributed by atoms with Crippen molar-refractivity contribution < 1.29 is 9.90 Å². The minimum Gasteiger partial charge on any atom is -0.395 e. The molecule has 0 bridgehead atoms. The van der Waals surface area contributed by atoms with Crippen LogP contribution in [0.1, 0.15) is 27.9 Å². The molecule has 0 aliphatic carbocycles. The molecule has 0 fully saturated rings. The molecule has 106 valence electrons. The molecule has 2 rings (SSSR count). The largest absolute Gasteiger partial charge is 0.395 e. The summed E-state index contributed by atoms with van der Waals surface area (Å²) in [4.78, 5) is 20.2. The van der Waals surface area contributed by atoms with Crippen LogP contribution in [-0.4, -0.2) is 27.6 Å². The molecule has 0 aliphatic rings. The second-order valence-electron chi connectivity index (χ2n) is 4.41. The maximum absolute atomic E-state index is 12.1. The van der Waals surface area contributed by atoms with Gasteiger partial charge in [0.15, 0.2) is 0 Å².